The molecular formula is C12H17ClFN. The van der Waals surface area contributed by atoms with E-state index in [-0.39, 0.29) is 10.8 Å². The molecule has 1 atom stereocenters. The Bertz CT molecular complexity index is 314. The molecule has 0 saturated carbocycles. The summed E-state index contributed by atoms with van der Waals surface area (Å²) in [4.78, 5) is 0. The van der Waals surface area contributed by atoms with Crippen molar-refractivity contribution in [1.29, 1.82) is 0 Å². The fourth-order valence-corrected chi connectivity index (χ4v) is 1.59. The van der Waals surface area contributed by atoms with Crippen LogP contribution in [-0.4, -0.2) is 6.04 Å². The van der Waals surface area contributed by atoms with Gasteiger partial charge in [-0.25, -0.2) is 4.39 Å². The highest BCUT2D eigenvalue weighted by Crippen LogP contribution is 2.15. The highest BCUT2D eigenvalue weighted by atomic mass is 35.5. The summed E-state index contributed by atoms with van der Waals surface area (Å²) in [6.07, 6.45) is 2.29. The lowest BCUT2D eigenvalue weighted by atomic mass is 10.1. The molecule has 0 amide bonds. The van der Waals surface area contributed by atoms with Gasteiger partial charge in [0.15, 0.2) is 0 Å². The molecule has 1 unspecified atom stereocenters. The first-order valence-corrected chi connectivity index (χ1v) is 5.68. The number of nitrogens with one attached hydrogen (secondary N) is 1. The van der Waals surface area contributed by atoms with E-state index >= 15 is 0 Å². The van der Waals surface area contributed by atoms with Crippen molar-refractivity contribution in [3.05, 3.63) is 34.6 Å². The molecule has 0 heterocycles. The van der Waals surface area contributed by atoms with Gasteiger partial charge in [0.25, 0.3) is 0 Å². The second-order valence-corrected chi connectivity index (χ2v) is 4.23. The molecule has 0 bridgehead atoms. The van der Waals surface area contributed by atoms with Gasteiger partial charge in [-0.05, 0) is 31.0 Å². The minimum atomic E-state index is -0.348. The number of hydrogen-bond donors (Lipinski definition) is 1. The Morgan fingerprint density at radius 1 is 1.47 bits per heavy atom. The molecule has 0 aliphatic carbocycles. The van der Waals surface area contributed by atoms with Crippen LogP contribution in [0.25, 0.3) is 0 Å². The summed E-state index contributed by atoms with van der Waals surface area (Å²) in [5.41, 5.74) is 0.930. The molecule has 1 N–H and O–H groups in total. The van der Waals surface area contributed by atoms with Crippen LogP contribution in [0.5, 0.6) is 0 Å². The van der Waals surface area contributed by atoms with Crippen molar-refractivity contribution in [2.24, 2.45) is 0 Å². The maximum atomic E-state index is 13.1. The average molecular weight is 230 g/mol. The van der Waals surface area contributed by atoms with Crippen LogP contribution in [0.4, 0.5) is 4.39 Å². The van der Waals surface area contributed by atoms with Crippen LogP contribution in [0.15, 0.2) is 18.2 Å². The Hall–Kier alpha value is -0.600. The fourth-order valence-electron chi connectivity index (χ4n) is 1.48. The molecule has 1 aromatic rings. The Morgan fingerprint density at radius 3 is 2.80 bits per heavy atom. The third kappa shape index (κ3) is 4.18. The smallest absolute Gasteiger partial charge is 0.142 e. The van der Waals surface area contributed by atoms with Crippen LogP contribution in [0.1, 0.15) is 32.3 Å². The zero-order chi connectivity index (χ0) is 11.3. The van der Waals surface area contributed by atoms with Gasteiger partial charge in [-0.1, -0.05) is 31.0 Å². The topological polar surface area (TPSA) is 12.0 Å². The summed E-state index contributed by atoms with van der Waals surface area (Å²) in [5, 5.41) is 3.52. The predicted molar refractivity (Wildman–Crippen MR) is 62.6 cm³/mol. The van der Waals surface area contributed by atoms with Gasteiger partial charge in [-0.2, -0.15) is 0 Å². The number of hydrogen-bond acceptors (Lipinski definition) is 1. The lowest BCUT2D eigenvalue weighted by molar-refractivity contribution is 0.507. The van der Waals surface area contributed by atoms with Gasteiger partial charge in [0.1, 0.15) is 5.82 Å². The van der Waals surface area contributed by atoms with Gasteiger partial charge in [0, 0.05) is 12.6 Å². The van der Waals surface area contributed by atoms with Gasteiger partial charge in [0.05, 0.1) is 5.02 Å². The molecule has 0 fully saturated rings. The van der Waals surface area contributed by atoms with Crippen molar-refractivity contribution < 1.29 is 4.39 Å². The van der Waals surface area contributed by atoms with Gasteiger partial charge in [-0.3, -0.25) is 0 Å². The molecule has 0 aromatic heterocycles. The quantitative estimate of drug-likeness (QED) is 0.811. The fraction of sp³-hybridized carbons (Fsp3) is 0.500. The van der Waals surface area contributed by atoms with Crippen LogP contribution in [-0.2, 0) is 6.54 Å². The third-order valence-corrected chi connectivity index (χ3v) is 2.67. The van der Waals surface area contributed by atoms with Gasteiger partial charge >= 0.3 is 0 Å². The van der Waals surface area contributed by atoms with Crippen molar-refractivity contribution in [2.75, 3.05) is 0 Å². The maximum Gasteiger partial charge on any atom is 0.142 e. The molecule has 0 saturated heterocycles. The van der Waals surface area contributed by atoms with E-state index < -0.39 is 0 Å². The molecule has 84 valence electrons. The molecular weight excluding hydrogens is 213 g/mol. The second-order valence-electron chi connectivity index (χ2n) is 3.82. The molecule has 15 heavy (non-hydrogen) atoms. The summed E-state index contributed by atoms with van der Waals surface area (Å²) >= 11 is 5.60. The van der Waals surface area contributed by atoms with Crippen LogP contribution in [0.3, 0.4) is 0 Å². The van der Waals surface area contributed by atoms with E-state index in [2.05, 4.69) is 19.2 Å². The zero-order valence-corrected chi connectivity index (χ0v) is 9.94. The number of benzene rings is 1. The maximum absolute atomic E-state index is 13.1. The number of rotatable bonds is 5. The van der Waals surface area contributed by atoms with E-state index in [1.54, 1.807) is 6.07 Å². The SMILES string of the molecule is CCCC(C)NCc1ccc(Cl)c(F)c1. The van der Waals surface area contributed by atoms with Crippen molar-refractivity contribution in [3.63, 3.8) is 0 Å². The highest BCUT2D eigenvalue weighted by molar-refractivity contribution is 6.30. The molecule has 0 aliphatic heterocycles. The minimum Gasteiger partial charge on any atom is -0.310 e. The van der Waals surface area contributed by atoms with Gasteiger partial charge in [0.2, 0.25) is 0 Å². The lowest BCUT2D eigenvalue weighted by Crippen LogP contribution is -2.25. The van der Waals surface area contributed by atoms with Crippen LogP contribution >= 0.6 is 11.6 Å². The van der Waals surface area contributed by atoms with Crippen molar-refractivity contribution >= 4 is 11.6 Å². The Morgan fingerprint density at radius 2 is 2.20 bits per heavy atom. The van der Waals surface area contributed by atoms with Crippen molar-refractivity contribution in [3.8, 4) is 0 Å². The summed E-state index contributed by atoms with van der Waals surface area (Å²) in [6, 6.07) is 5.39. The first kappa shape index (κ1) is 12.5. The standard InChI is InChI=1S/C12H17ClFN/c1-3-4-9(2)15-8-10-5-6-11(13)12(14)7-10/h5-7,9,15H,3-4,8H2,1-2H3. The third-order valence-electron chi connectivity index (χ3n) is 2.36. The Labute approximate surface area is 95.6 Å². The minimum absolute atomic E-state index is 0.181. The molecule has 1 nitrogen and oxygen atoms in total. The molecule has 1 rings (SSSR count). The largest absolute Gasteiger partial charge is 0.310 e. The summed E-state index contributed by atoms with van der Waals surface area (Å²) in [7, 11) is 0. The van der Waals surface area contributed by atoms with Crippen LogP contribution < -0.4 is 5.32 Å². The van der Waals surface area contributed by atoms with Crippen LogP contribution in [0, 0.1) is 5.82 Å². The zero-order valence-electron chi connectivity index (χ0n) is 9.19. The number of halogens is 2. The van der Waals surface area contributed by atoms with E-state index in [0.717, 1.165) is 18.4 Å². The molecule has 0 aliphatic rings. The molecule has 0 radical (unpaired) electrons. The molecule has 1 aromatic carbocycles. The average Bonchev–Trinajstić information content (AvgIpc) is 2.20. The van der Waals surface area contributed by atoms with Gasteiger partial charge < -0.3 is 5.32 Å². The Balaban J connectivity index is 2.47. The van der Waals surface area contributed by atoms with Crippen LogP contribution in [0.2, 0.25) is 5.02 Å². The summed E-state index contributed by atoms with van der Waals surface area (Å²) in [6.45, 7) is 4.98. The van der Waals surface area contributed by atoms with Crippen molar-refractivity contribution in [2.45, 2.75) is 39.3 Å². The highest BCUT2D eigenvalue weighted by Gasteiger charge is 2.03. The first-order chi connectivity index (χ1) is 7.13. The van der Waals surface area contributed by atoms with E-state index in [0.29, 0.717) is 12.6 Å². The predicted octanol–water partition coefficient (Wildman–Crippen LogP) is 3.76. The summed E-state index contributed by atoms with van der Waals surface area (Å²) in [5.74, 6) is -0.348. The normalized spacial score (nSPS) is 12.8. The van der Waals surface area contributed by atoms with E-state index in [9.17, 15) is 4.39 Å². The van der Waals surface area contributed by atoms with E-state index in [4.69, 9.17) is 11.6 Å². The van der Waals surface area contributed by atoms with E-state index in [1.807, 2.05) is 6.07 Å². The molecule has 0 spiro atoms. The van der Waals surface area contributed by atoms with Gasteiger partial charge in [-0.15, -0.1) is 0 Å². The molecule has 3 heteroatoms. The van der Waals surface area contributed by atoms with Crippen molar-refractivity contribution in [1.82, 2.24) is 5.32 Å². The Kier molecular flexibility index (Phi) is 5.06. The monoisotopic (exact) mass is 229 g/mol. The summed E-state index contributed by atoms with van der Waals surface area (Å²) < 4.78 is 13.1. The van der Waals surface area contributed by atoms with E-state index in [1.165, 1.54) is 6.07 Å². The second kappa shape index (κ2) is 6.09. The first-order valence-electron chi connectivity index (χ1n) is 5.30. The lowest BCUT2D eigenvalue weighted by Gasteiger charge is -2.12.